The number of hydrogen-bond acceptors (Lipinski definition) is 2. The van der Waals surface area contributed by atoms with Crippen LogP contribution in [0, 0.1) is 0 Å². The highest BCUT2D eigenvalue weighted by Crippen LogP contribution is 2.25. The molecule has 1 N–H and O–H groups in total. The molecule has 2 rings (SSSR count). The molecule has 0 aliphatic heterocycles. The molecule has 0 saturated carbocycles. The summed E-state index contributed by atoms with van der Waals surface area (Å²) in [6.45, 7) is 4.39. The third-order valence-corrected chi connectivity index (χ3v) is 4.68. The minimum absolute atomic E-state index is 0.367. The van der Waals surface area contributed by atoms with E-state index in [2.05, 4.69) is 38.1 Å². The number of benzene rings is 2. The predicted molar refractivity (Wildman–Crippen MR) is 81.1 cm³/mol. The molecular formula is C16H20OS. The molecule has 0 saturated heterocycles. The fraction of sp³-hybridized carbons (Fsp3) is 0.375. The van der Waals surface area contributed by atoms with Crippen molar-refractivity contribution < 1.29 is 5.11 Å². The summed E-state index contributed by atoms with van der Waals surface area (Å²) in [6.07, 6.45) is 0.781. The van der Waals surface area contributed by atoms with E-state index in [4.69, 9.17) is 0 Å². The maximum atomic E-state index is 10.2. The highest BCUT2D eigenvalue weighted by molar-refractivity contribution is 7.99. The quantitative estimate of drug-likeness (QED) is 0.859. The summed E-state index contributed by atoms with van der Waals surface area (Å²) >= 11 is 1.83. The third-order valence-electron chi connectivity index (χ3n) is 3.27. The first-order valence-corrected chi connectivity index (χ1v) is 7.54. The van der Waals surface area contributed by atoms with Crippen LogP contribution in [-0.2, 0) is 0 Å². The van der Waals surface area contributed by atoms with Crippen molar-refractivity contribution in [2.24, 2.45) is 0 Å². The van der Waals surface area contributed by atoms with Crippen molar-refractivity contribution in [3.63, 3.8) is 0 Å². The van der Waals surface area contributed by atoms with Gasteiger partial charge in [-0.2, -0.15) is 11.8 Å². The first-order valence-electron chi connectivity index (χ1n) is 6.49. The van der Waals surface area contributed by atoms with Crippen LogP contribution in [0.5, 0.6) is 0 Å². The molecular weight excluding hydrogens is 240 g/mol. The van der Waals surface area contributed by atoms with Crippen molar-refractivity contribution in [2.75, 3.05) is 5.75 Å². The molecule has 0 radical (unpaired) electrons. The Kier molecular flexibility index (Phi) is 4.67. The first-order chi connectivity index (χ1) is 8.70. The van der Waals surface area contributed by atoms with Gasteiger partial charge >= 0.3 is 0 Å². The molecule has 18 heavy (non-hydrogen) atoms. The molecule has 2 atom stereocenters. The van der Waals surface area contributed by atoms with E-state index in [9.17, 15) is 5.11 Å². The van der Waals surface area contributed by atoms with Crippen LogP contribution in [0.3, 0.4) is 0 Å². The Hall–Kier alpha value is -0.990. The maximum absolute atomic E-state index is 10.2. The van der Waals surface area contributed by atoms with Crippen LogP contribution in [0.15, 0.2) is 42.5 Å². The summed E-state index contributed by atoms with van der Waals surface area (Å²) in [4.78, 5) is 0. The highest BCUT2D eigenvalue weighted by Gasteiger charge is 2.10. The van der Waals surface area contributed by atoms with E-state index in [1.807, 2.05) is 30.0 Å². The van der Waals surface area contributed by atoms with Crippen LogP contribution in [-0.4, -0.2) is 16.1 Å². The minimum Gasteiger partial charge on any atom is -0.388 e. The van der Waals surface area contributed by atoms with Crippen molar-refractivity contribution in [1.29, 1.82) is 0 Å². The standard InChI is InChI=1S/C16H20OS/c1-3-12(2)18-11-16(17)15-9-8-13-6-4-5-7-14(13)10-15/h4-10,12,16-17H,3,11H2,1-2H3. The lowest BCUT2D eigenvalue weighted by Crippen LogP contribution is -2.04. The molecule has 0 amide bonds. The number of aliphatic hydroxyl groups excluding tert-OH is 1. The monoisotopic (exact) mass is 260 g/mol. The van der Waals surface area contributed by atoms with Gasteiger partial charge in [0, 0.05) is 11.0 Å². The van der Waals surface area contributed by atoms with Crippen LogP contribution < -0.4 is 0 Å². The number of rotatable bonds is 5. The van der Waals surface area contributed by atoms with Crippen molar-refractivity contribution in [3.8, 4) is 0 Å². The second-order valence-corrected chi connectivity index (χ2v) is 6.15. The molecule has 0 spiro atoms. The molecule has 0 aliphatic carbocycles. The Morgan fingerprint density at radius 3 is 2.56 bits per heavy atom. The van der Waals surface area contributed by atoms with Gasteiger partial charge in [0.1, 0.15) is 0 Å². The summed E-state index contributed by atoms with van der Waals surface area (Å²) in [6, 6.07) is 14.5. The third kappa shape index (κ3) is 3.27. The molecule has 2 aromatic carbocycles. The summed E-state index contributed by atoms with van der Waals surface area (Å²) < 4.78 is 0. The second kappa shape index (κ2) is 6.26. The topological polar surface area (TPSA) is 20.2 Å². The van der Waals surface area contributed by atoms with Crippen molar-refractivity contribution in [1.82, 2.24) is 0 Å². The number of aliphatic hydroxyl groups is 1. The number of thioether (sulfide) groups is 1. The summed E-state index contributed by atoms with van der Waals surface area (Å²) in [5.41, 5.74) is 1.02. The van der Waals surface area contributed by atoms with Crippen molar-refractivity contribution in [2.45, 2.75) is 31.6 Å². The molecule has 0 aromatic heterocycles. The van der Waals surface area contributed by atoms with Gasteiger partial charge in [0.15, 0.2) is 0 Å². The SMILES string of the molecule is CCC(C)SCC(O)c1ccc2ccccc2c1. The fourth-order valence-electron chi connectivity index (χ4n) is 1.88. The van der Waals surface area contributed by atoms with Gasteiger partial charge in [0.2, 0.25) is 0 Å². The van der Waals surface area contributed by atoms with Gasteiger partial charge in [-0.15, -0.1) is 0 Å². The molecule has 0 fully saturated rings. The van der Waals surface area contributed by atoms with E-state index in [-0.39, 0.29) is 6.10 Å². The molecule has 2 aromatic rings. The minimum atomic E-state index is -0.367. The van der Waals surface area contributed by atoms with Gasteiger partial charge in [0.25, 0.3) is 0 Å². The zero-order valence-corrected chi connectivity index (χ0v) is 11.8. The van der Waals surface area contributed by atoms with Gasteiger partial charge in [-0.3, -0.25) is 0 Å². The average Bonchev–Trinajstić information content (AvgIpc) is 2.43. The van der Waals surface area contributed by atoms with Gasteiger partial charge in [-0.1, -0.05) is 50.2 Å². The molecule has 0 bridgehead atoms. The van der Waals surface area contributed by atoms with Crippen LogP contribution in [0.1, 0.15) is 31.9 Å². The van der Waals surface area contributed by atoms with Crippen LogP contribution in [0.25, 0.3) is 10.8 Å². The van der Waals surface area contributed by atoms with Crippen molar-refractivity contribution >= 4 is 22.5 Å². The van der Waals surface area contributed by atoms with Gasteiger partial charge in [0.05, 0.1) is 6.10 Å². The first kappa shape index (κ1) is 13.4. The molecule has 1 nitrogen and oxygen atoms in total. The molecule has 2 heteroatoms. The van der Waals surface area contributed by atoms with Crippen LogP contribution in [0.4, 0.5) is 0 Å². The lowest BCUT2D eigenvalue weighted by atomic mass is 10.0. The summed E-state index contributed by atoms with van der Waals surface area (Å²) in [7, 11) is 0. The Morgan fingerprint density at radius 2 is 1.83 bits per heavy atom. The lowest BCUT2D eigenvalue weighted by molar-refractivity contribution is 0.204. The summed E-state index contributed by atoms with van der Waals surface area (Å²) in [5.74, 6) is 0.771. The summed E-state index contributed by atoms with van der Waals surface area (Å²) in [5, 5.41) is 13.2. The van der Waals surface area contributed by atoms with E-state index < -0.39 is 0 Å². The van der Waals surface area contributed by atoms with Gasteiger partial charge in [-0.05, 0) is 28.8 Å². The predicted octanol–water partition coefficient (Wildman–Crippen LogP) is 4.40. The van der Waals surface area contributed by atoms with E-state index >= 15 is 0 Å². The number of hydrogen-bond donors (Lipinski definition) is 1. The Bertz CT molecular complexity index is 509. The van der Waals surface area contributed by atoms with Crippen molar-refractivity contribution in [3.05, 3.63) is 48.0 Å². The molecule has 96 valence electrons. The Labute approximate surface area is 113 Å². The second-order valence-electron chi connectivity index (χ2n) is 4.67. The lowest BCUT2D eigenvalue weighted by Gasteiger charge is -2.14. The van der Waals surface area contributed by atoms with Gasteiger partial charge < -0.3 is 5.11 Å². The maximum Gasteiger partial charge on any atom is 0.0880 e. The van der Waals surface area contributed by atoms with Crippen LogP contribution in [0.2, 0.25) is 0 Å². The van der Waals surface area contributed by atoms with E-state index in [1.54, 1.807) is 0 Å². The average molecular weight is 260 g/mol. The molecule has 2 unspecified atom stereocenters. The Balaban J connectivity index is 2.10. The smallest absolute Gasteiger partial charge is 0.0880 e. The van der Waals surface area contributed by atoms with E-state index in [1.165, 1.54) is 10.8 Å². The van der Waals surface area contributed by atoms with Gasteiger partial charge in [-0.25, -0.2) is 0 Å². The molecule has 0 heterocycles. The normalized spacial score (nSPS) is 14.6. The zero-order valence-electron chi connectivity index (χ0n) is 11.0. The van der Waals surface area contributed by atoms with Crippen LogP contribution >= 0.6 is 11.8 Å². The van der Waals surface area contributed by atoms with E-state index in [0.717, 1.165) is 17.7 Å². The highest BCUT2D eigenvalue weighted by atomic mass is 32.2. The zero-order chi connectivity index (χ0) is 13.0. The fourth-order valence-corrected chi connectivity index (χ4v) is 2.82. The number of fused-ring (bicyclic) bond motifs is 1. The Morgan fingerprint density at radius 1 is 1.11 bits per heavy atom. The van der Waals surface area contributed by atoms with E-state index in [0.29, 0.717) is 5.25 Å². The molecule has 0 aliphatic rings. The largest absolute Gasteiger partial charge is 0.388 e.